The number of furan rings is 1. The van der Waals surface area contributed by atoms with Crippen molar-refractivity contribution in [3.05, 3.63) is 29.6 Å². The fraction of sp³-hybridized carbons (Fsp3) is 0.333. The number of nitrogens with two attached hydrogens (primary N) is 1. The predicted molar refractivity (Wildman–Crippen MR) is 59.3 cm³/mol. The minimum Gasteiger partial charge on any atom is -0.437 e. The predicted octanol–water partition coefficient (Wildman–Crippen LogP) is 3.45. The van der Waals surface area contributed by atoms with Crippen molar-refractivity contribution >= 4 is 16.9 Å². The standard InChI is InChI=1S/C12H14FNO/c1-12(2,3)8-6-4-5-7-9(13)11(14)15-10(7)8/h4-6H,14H2,1-3H3. The molecule has 2 nitrogen and oxygen atoms in total. The van der Waals surface area contributed by atoms with Crippen molar-refractivity contribution in [2.24, 2.45) is 0 Å². The Labute approximate surface area is 87.9 Å². The molecule has 2 rings (SSSR count). The van der Waals surface area contributed by atoms with Crippen LogP contribution in [0.3, 0.4) is 0 Å². The Balaban J connectivity index is 2.83. The molecule has 0 spiro atoms. The average Bonchev–Trinajstić information content (AvgIpc) is 2.41. The van der Waals surface area contributed by atoms with E-state index in [4.69, 9.17) is 10.2 Å². The average molecular weight is 207 g/mol. The second-order valence-electron chi connectivity index (χ2n) is 4.71. The quantitative estimate of drug-likeness (QED) is 0.718. The Bertz CT molecular complexity index is 508. The monoisotopic (exact) mass is 207 g/mol. The molecule has 15 heavy (non-hydrogen) atoms. The lowest BCUT2D eigenvalue weighted by molar-refractivity contribution is 0.553. The van der Waals surface area contributed by atoms with Gasteiger partial charge in [0, 0.05) is 5.56 Å². The number of anilines is 1. The first kappa shape index (κ1) is 10.0. The van der Waals surface area contributed by atoms with E-state index in [9.17, 15) is 4.39 Å². The number of para-hydroxylation sites is 1. The summed E-state index contributed by atoms with van der Waals surface area (Å²) in [6, 6.07) is 5.44. The zero-order valence-electron chi connectivity index (χ0n) is 9.10. The molecule has 0 atom stereocenters. The molecule has 80 valence electrons. The summed E-state index contributed by atoms with van der Waals surface area (Å²) in [6.45, 7) is 6.16. The van der Waals surface area contributed by atoms with E-state index in [2.05, 4.69) is 20.8 Å². The zero-order valence-corrected chi connectivity index (χ0v) is 9.10. The highest BCUT2D eigenvalue weighted by atomic mass is 19.1. The molecule has 1 aromatic carbocycles. The third-order valence-corrected chi connectivity index (χ3v) is 2.49. The molecule has 0 saturated carbocycles. The van der Waals surface area contributed by atoms with Crippen molar-refractivity contribution in [3.63, 3.8) is 0 Å². The highest BCUT2D eigenvalue weighted by molar-refractivity contribution is 5.85. The van der Waals surface area contributed by atoms with E-state index in [0.29, 0.717) is 11.0 Å². The summed E-state index contributed by atoms with van der Waals surface area (Å²) in [6.07, 6.45) is 0. The van der Waals surface area contributed by atoms with E-state index < -0.39 is 5.82 Å². The van der Waals surface area contributed by atoms with E-state index in [1.807, 2.05) is 12.1 Å². The summed E-state index contributed by atoms with van der Waals surface area (Å²) in [5, 5.41) is 0.458. The maximum Gasteiger partial charge on any atom is 0.227 e. The summed E-state index contributed by atoms with van der Waals surface area (Å²) in [7, 11) is 0. The molecule has 2 aromatic rings. The normalized spacial score (nSPS) is 12.3. The molecule has 3 heteroatoms. The second kappa shape index (κ2) is 2.99. The van der Waals surface area contributed by atoms with Gasteiger partial charge in [0.1, 0.15) is 5.58 Å². The molecule has 1 heterocycles. The van der Waals surface area contributed by atoms with Crippen molar-refractivity contribution in [2.45, 2.75) is 26.2 Å². The van der Waals surface area contributed by atoms with Gasteiger partial charge in [0.2, 0.25) is 5.88 Å². The number of halogens is 1. The summed E-state index contributed by atoms with van der Waals surface area (Å²) in [5.74, 6) is -0.599. The Kier molecular flexibility index (Phi) is 2.00. The molecule has 0 aliphatic heterocycles. The van der Waals surface area contributed by atoms with Gasteiger partial charge in [-0.2, -0.15) is 0 Å². The summed E-state index contributed by atoms with van der Waals surface area (Å²) < 4.78 is 18.8. The molecular weight excluding hydrogens is 193 g/mol. The third kappa shape index (κ3) is 1.48. The van der Waals surface area contributed by atoms with E-state index in [-0.39, 0.29) is 11.3 Å². The molecule has 0 aliphatic rings. The van der Waals surface area contributed by atoms with Crippen LogP contribution in [-0.2, 0) is 5.41 Å². The van der Waals surface area contributed by atoms with Crippen molar-refractivity contribution < 1.29 is 8.81 Å². The van der Waals surface area contributed by atoms with Crippen molar-refractivity contribution in [1.29, 1.82) is 0 Å². The van der Waals surface area contributed by atoms with Crippen LogP contribution in [0.1, 0.15) is 26.3 Å². The van der Waals surface area contributed by atoms with Crippen LogP contribution in [0.5, 0.6) is 0 Å². The van der Waals surface area contributed by atoms with Crippen molar-refractivity contribution in [3.8, 4) is 0 Å². The van der Waals surface area contributed by atoms with Crippen LogP contribution in [0.4, 0.5) is 10.3 Å². The van der Waals surface area contributed by atoms with Gasteiger partial charge in [-0.1, -0.05) is 32.9 Å². The number of nitrogen functional groups attached to an aromatic ring is 1. The maximum atomic E-state index is 13.5. The lowest BCUT2D eigenvalue weighted by Crippen LogP contribution is -2.10. The van der Waals surface area contributed by atoms with Crippen LogP contribution in [0.2, 0.25) is 0 Å². The first-order valence-corrected chi connectivity index (χ1v) is 4.88. The zero-order chi connectivity index (χ0) is 11.2. The number of hydrogen-bond acceptors (Lipinski definition) is 2. The molecule has 0 radical (unpaired) electrons. The fourth-order valence-corrected chi connectivity index (χ4v) is 1.70. The van der Waals surface area contributed by atoms with Crippen LogP contribution in [0.25, 0.3) is 11.0 Å². The Hall–Kier alpha value is -1.51. The Morgan fingerprint density at radius 3 is 2.53 bits per heavy atom. The van der Waals surface area contributed by atoms with E-state index >= 15 is 0 Å². The van der Waals surface area contributed by atoms with Gasteiger partial charge in [0.15, 0.2) is 5.82 Å². The van der Waals surface area contributed by atoms with Crippen LogP contribution in [-0.4, -0.2) is 0 Å². The smallest absolute Gasteiger partial charge is 0.227 e. The van der Waals surface area contributed by atoms with E-state index in [1.54, 1.807) is 6.07 Å². The van der Waals surface area contributed by atoms with Gasteiger partial charge in [0.25, 0.3) is 0 Å². The topological polar surface area (TPSA) is 39.2 Å². The van der Waals surface area contributed by atoms with Crippen molar-refractivity contribution in [2.75, 3.05) is 5.73 Å². The van der Waals surface area contributed by atoms with Gasteiger partial charge >= 0.3 is 0 Å². The largest absolute Gasteiger partial charge is 0.437 e. The number of fused-ring (bicyclic) bond motifs is 1. The Morgan fingerprint density at radius 2 is 1.93 bits per heavy atom. The lowest BCUT2D eigenvalue weighted by atomic mass is 9.86. The number of hydrogen-bond donors (Lipinski definition) is 1. The molecule has 0 bridgehead atoms. The highest BCUT2D eigenvalue weighted by Gasteiger charge is 2.21. The summed E-state index contributed by atoms with van der Waals surface area (Å²) >= 11 is 0. The maximum absolute atomic E-state index is 13.5. The molecule has 1 aromatic heterocycles. The first-order chi connectivity index (χ1) is 6.91. The van der Waals surface area contributed by atoms with Crippen LogP contribution < -0.4 is 5.73 Å². The van der Waals surface area contributed by atoms with Gasteiger partial charge in [-0.25, -0.2) is 4.39 Å². The molecule has 0 aliphatic carbocycles. The lowest BCUT2D eigenvalue weighted by Gasteiger charge is -2.18. The first-order valence-electron chi connectivity index (χ1n) is 4.88. The van der Waals surface area contributed by atoms with E-state index in [1.165, 1.54) is 0 Å². The fourth-order valence-electron chi connectivity index (χ4n) is 1.70. The summed E-state index contributed by atoms with van der Waals surface area (Å²) in [4.78, 5) is 0. The van der Waals surface area contributed by atoms with Crippen molar-refractivity contribution in [1.82, 2.24) is 0 Å². The van der Waals surface area contributed by atoms with Crippen LogP contribution in [0, 0.1) is 5.82 Å². The van der Waals surface area contributed by atoms with Gasteiger partial charge < -0.3 is 10.2 Å². The Morgan fingerprint density at radius 1 is 1.27 bits per heavy atom. The molecular formula is C12H14FNO. The van der Waals surface area contributed by atoms with Crippen LogP contribution in [0.15, 0.2) is 22.6 Å². The number of rotatable bonds is 0. The molecule has 0 fully saturated rings. The second-order valence-corrected chi connectivity index (χ2v) is 4.71. The van der Waals surface area contributed by atoms with Crippen LogP contribution >= 0.6 is 0 Å². The molecule has 0 amide bonds. The van der Waals surface area contributed by atoms with Gasteiger partial charge in [-0.15, -0.1) is 0 Å². The molecule has 2 N–H and O–H groups in total. The highest BCUT2D eigenvalue weighted by Crippen LogP contribution is 2.34. The van der Waals surface area contributed by atoms with E-state index in [0.717, 1.165) is 5.56 Å². The minimum absolute atomic E-state index is 0.0871. The third-order valence-electron chi connectivity index (χ3n) is 2.49. The SMILES string of the molecule is CC(C)(C)c1cccc2c(F)c(N)oc12. The van der Waals surface area contributed by atoms with Gasteiger partial charge in [-0.05, 0) is 11.5 Å². The van der Waals surface area contributed by atoms with Gasteiger partial charge in [-0.3, -0.25) is 0 Å². The molecule has 0 unspecified atom stereocenters. The van der Waals surface area contributed by atoms with Gasteiger partial charge in [0.05, 0.1) is 5.39 Å². The minimum atomic E-state index is -0.462. The summed E-state index contributed by atoms with van der Waals surface area (Å²) in [5.41, 5.74) is 6.86. The molecule has 0 saturated heterocycles. The number of benzene rings is 1.